The topological polar surface area (TPSA) is 57.2 Å². The Balaban J connectivity index is 2.52. The van der Waals surface area contributed by atoms with Gasteiger partial charge in [0.05, 0.1) is 24.9 Å². The second-order valence-corrected chi connectivity index (χ2v) is 4.88. The molecule has 2 rings (SSSR count). The Bertz CT molecular complexity index is 486. The lowest BCUT2D eigenvalue weighted by atomic mass is 10.00. The van der Waals surface area contributed by atoms with Crippen LogP contribution in [-0.2, 0) is 15.3 Å². The lowest BCUT2D eigenvalue weighted by Gasteiger charge is -2.26. The number of benzene rings is 1. The maximum absolute atomic E-state index is 10.0. The summed E-state index contributed by atoms with van der Waals surface area (Å²) in [6.07, 6.45) is 2.31. The molecule has 0 radical (unpaired) electrons. The van der Waals surface area contributed by atoms with Gasteiger partial charge in [-0.1, -0.05) is 0 Å². The Hall–Kier alpha value is -1.88. The molecule has 116 valence electrons. The van der Waals surface area contributed by atoms with Gasteiger partial charge in [0.2, 0.25) is 0 Å². The molecule has 0 aliphatic carbocycles. The fourth-order valence-corrected chi connectivity index (χ4v) is 2.30. The highest BCUT2D eigenvalue weighted by Crippen LogP contribution is 2.41. The zero-order valence-electron chi connectivity index (χ0n) is 12.9. The first kappa shape index (κ1) is 15.5. The summed E-state index contributed by atoms with van der Waals surface area (Å²) in [4.78, 5) is 0. The lowest BCUT2D eigenvalue weighted by Crippen LogP contribution is -2.23. The molecule has 1 heterocycles. The van der Waals surface area contributed by atoms with E-state index in [1.54, 1.807) is 6.92 Å². The molecule has 1 atom stereocenters. The van der Waals surface area contributed by atoms with Crippen LogP contribution >= 0.6 is 0 Å². The van der Waals surface area contributed by atoms with Crippen LogP contribution in [0.3, 0.4) is 0 Å². The molecule has 0 spiro atoms. The molecule has 5 nitrogen and oxygen atoms in total. The first-order valence-electron chi connectivity index (χ1n) is 7.14. The third kappa shape index (κ3) is 3.08. The number of aliphatic hydroxyl groups excluding tert-OH is 1. The Morgan fingerprint density at radius 2 is 1.57 bits per heavy atom. The summed E-state index contributed by atoms with van der Waals surface area (Å²) in [5, 5.41) is 10.0. The first-order chi connectivity index (χ1) is 10.0. The van der Waals surface area contributed by atoms with Crippen molar-refractivity contribution in [3.63, 3.8) is 0 Å². The van der Waals surface area contributed by atoms with Gasteiger partial charge in [-0.2, -0.15) is 0 Å². The predicted octanol–water partition coefficient (Wildman–Crippen LogP) is 3.23. The van der Waals surface area contributed by atoms with Crippen molar-refractivity contribution in [3.8, 4) is 11.5 Å². The van der Waals surface area contributed by atoms with Gasteiger partial charge < -0.3 is 24.1 Å². The molecule has 1 aliphatic rings. The number of hydrogen-bond donors (Lipinski definition) is 1. The highest BCUT2D eigenvalue weighted by molar-refractivity contribution is 5.50. The fourth-order valence-electron chi connectivity index (χ4n) is 2.30. The third-order valence-corrected chi connectivity index (χ3v) is 3.29. The summed E-state index contributed by atoms with van der Waals surface area (Å²) in [6.45, 7) is 8.27. The summed E-state index contributed by atoms with van der Waals surface area (Å²) >= 11 is 0. The van der Waals surface area contributed by atoms with Gasteiger partial charge in [-0.15, -0.1) is 0 Å². The van der Waals surface area contributed by atoms with Crippen LogP contribution in [0.25, 0.3) is 0 Å². The lowest BCUT2D eigenvalue weighted by molar-refractivity contribution is -0.133. The van der Waals surface area contributed by atoms with Crippen LogP contribution in [0.2, 0.25) is 0 Å². The van der Waals surface area contributed by atoms with E-state index in [4.69, 9.17) is 18.9 Å². The van der Waals surface area contributed by atoms with Crippen LogP contribution in [0.1, 0.15) is 44.9 Å². The molecule has 0 amide bonds. The van der Waals surface area contributed by atoms with Crippen molar-refractivity contribution in [2.45, 2.75) is 39.6 Å². The van der Waals surface area contributed by atoms with Gasteiger partial charge in [-0.05, 0) is 32.9 Å². The fraction of sp³-hybridized carbons (Fsp3) is 0.500. The molecule has 0 aromatic heterocycles. The Labute approximate surface area is 125 Å². The van der Waals surface area contributed by atoms with Crippen LogP contribution in [0, 0.1) is 0 Å². The zero-order valence-corrected chi connectivity index (χ0v) is 12.9. The van der Waals surface area contributed by atoms with Crippen molar-refractivity contribution < 1.29 is 24.1 Å². The third-order valence-electron chi connectivity index (χ3n) is 3.29. The normalized spacial score (nSPS) is 17.0. The van der Waals surface area contributed by atoms with Crippen molar-refractivity contribution in [2.24, 2.45) is 0 Å². The predicted molar refractivity (Wildman–Crippen MR) is 78.1 cm³/mol. The molecule has 1 aromatic carbocycles. The minimum atomic E-state index is -0.908. The summed E-state index contributed by atoms with van der Waals surface area (Å²) in [5.41, 5.74) is 1.40. The maximum atomic E-state index is 10.0. The van der Waals surface area contributed by atoms with E-state index in [-0.39, 0.29) is 0 Å². The molecule has 1 aliphatic heterocycles. The second kappa shape index (κ2) is 6.26. The first-order valence-corrected chi connectivity index (χ1v) is 7.14. The molecule has 0 saturated carbocycles. The van der Waals surface area contributed by atoms with E-state index in [1.807, 2.05) is 32.9 Å². The van der Waals surface area contributed by atoms with Crippen LogP contribution in [0.5, 0.6) is 11.5 Å². The summed E-state index contributed by atoms with van der Waals surface area (Å²) < 4.78 is 22.4. The zero-order chi connectivity index (χ0) is 15.5. The van der Waals surface area contributed by atoms with Gasteiger partial charge in [-0.3, -0.25) is 0 Å². The molecular weight excluding hydrogens is 272 g/mol. The number of hydrogen-bond acceptors (Lipinski definition) is 5. The van der Waals surface area contributed by atoms with E-state index >= 15 is 0 Å². The van der Waals surface area contributed by atoms with Crippen molar-refractivity contribution in [1.82, 2.24) is 0 Å². The minimum absolute atomic E-state index is 0.491. The average Bonchev–Trinajstić information content (AvgIpc) is 2.87. The molecular formula is C16H22O5. The maximum Gasteiger partial charge on any atom is 0.274 e. The highest BCUT2D eigenvalue weighted by Gasteiger charge is 2.34. The van der Waals surface area contributed by atoms with Crippen LogP contribution in [-0.4, -0.2) is 18.3 Å². The molecule has 1 N–H and O–H groups in total. The second-order valence-electron chi connectivity index (χ2n) is 4.88. The van der Waals surface area contributed by atoms with E-state index in [2.05, 4.69) is 0 Å². The summed E-state index contributed by atoms with van der Waals surface area (Å²) in [6, 6.07) is 3.64. The molecule has 21 heavy (non-hydrogen) atoms. The highest BCUT2D eigenvalue weighted by atomic mass is 16.7. The van der Waals surface area contributed by atoms with E-state index in [9.17, 15) is 5.11 Å². The average molecular weight is 294 g/mol. The van der Waals surface area contributed by atoms with Crippen molar-refractivity contribution in [1.29, 1.82) is 0 Å². The molecule has 0 fully saturated rings. The largest absolute Gasteiger partial charge is 0.493 e. The quantitative estimate of drug-likeness (QED) is 0.873. The van der Waals surface area contributed by atoms with Gasteiger partial charge in [0, 0.05) is 12.5 Å². The summed E-state index contributed by atoms with van der Waals surface area (Å²) in [5.74, 6) is 0.247. The smallest absolute Gasteiger partial charge is 0.274 e. The molecule has 5 heteroatoms. The van der Waals surface area contributed by atoms with Gasteiger partial charge in [-0.25, -0.2) is 0 Å². The molecule has 1 aromatic rings. The van der Waals surface area contributed by atoms with Crippen LogP contribution in [0.4, 0.5) is 0 Å². The SMILES string of the molecule is CCOc1cc(C2(C)OC=CO2)cc(OCC)c1C(C)O. The Kier molecular flexibility index (Phi) is 4.63. The van der Waals surface area contributed by atoms with Crippen LogP contribution in [0.15, 0.2) is 24.7 Å². The standard InChI is InChI=1S/C16H22O5/c1-5-18-13-9-12(16(4)20-7-8-21-16)10-14(19-6-2)15(13)11(3)17/h7-11,17H,5-6H2,1-4H3. The summed E-state index contributed by atoms with van der Waals surface area (Å²) in [7, 11) is 0. The van der Waals surface area contributed by atoms with Gasteiger partial charge in [0.25, 0.3) is 5.79 Å². The van der Waals surface area contributed by atoms with Gasteiger partial charge in [0.1, 0.15) is 24.0 Å². The van der Waals surface area contributed by atoms with Crippen LogP contribution < -0.4 is 9.47 Å². The van der Waals surface area contributed by atoms with Gasteiger partial charge in [0.15, 0.2) is 0 Å². The molecule has 0 bridgehead atoms. The number of ether oxygens (including phenoxy) is 4. The molecule has 0 saturated heterocycles. The van der Waals surface area contributed by atoms with E-state index in [1.165, 1.54) is 12.5 Å². The Morgan fingerprint density at radius 1 is 1.10 bits per heavy atom. The van der Waals surface area contributed by atoms with E-state index in [0.717, 1.165) is 5.56 Å². The number of aliphatic hydroxyl groups is 1. The monoisotopic (exact) mass is 294 g/mol. The minimum Gasteiger partial charge on any atom is -0.493 e. The number of rotatable bonds is 6. The van der Waals surface area contributed by atoms with Crippen molar-refractivity contribution in [2.75, 3.05) is 13.2 Å². The Morgan fingerprint density at radius 3 is 1.95 bits per heavy atom. The van der Waals surface area contributed by atoms with Crippen molar-refractivity contribution in [3.05, 3.63) is 35.8 Å². The van der Waals surface area contributed by atoms with Gasteiger partial charge >= 0.3 is 0 Å². The van der Waals surface area contributed by atoms with E-state index in [0.29, 0.717) is 30.3 Å². The van der Waals surface area contributed by atoms with E-state index < -0.39 is 11.9 Å². The van der Waals surface area contributed by atoms with Crippen molar-refractivity contribution >= 4 is 0 Å². The molecule has 1 unspecified atom stereocenters.